The summed E-state index contributed by atoms with van der Waals surface area (Å²) in [5, 5.41) is 0. The van der Waals surface area contributed by atoms with Crippen LogP contribution in [0.4, 0.5) is 0 Å². The van der Waals surface area contributed by atoms with Crippen LogP contribution < -0.4 is 0 Å². The molecule has 2 heterocycles. The van der Waals surface area contributed by atoms with E-state index >= 15 is 0 Å². The van der Waals surface area contributed by atoms with Gasteiger partial charge in [-0.1, -0.05) is 13.8 Å². The Morgan fingerprint density at radius 1 is 1.12 bits per heavy atom. The van der Waals surface area contributed by atoms with Gasteiger partial charge in [0.1, 0.15) is 0 Å². The van der Waals surface area contributed by atoms with Crippen LogP contribution in [-0.4, -0.2) is 44.0 Å². The maximum atomic E-state index is 5.58. The molecule has 0 radical (unpaired) electrons. The van der Waals surface area contributed by atoms with E-state index in [4.69, 9.17) is 9.47 Å². The molecule has 100 valence electrons. The molecule has 3 heteroatoms. The average molecular weight is 241 g/mol. The molecule has 0 aromatic carbocycles. The molecule has 2 rings (SSSR count). The van der Waals surface area contributed by atoms with Gasteiger partial charge in [-0.25, -0.2) is 0 Å². The molecule has 0 atom stereocenters. The molecule has 17 heavy (non-hydrogen) atoms. The highest BCUT2D eigenvalue weighted by molar-refractivity contribution is 4.74. The maximum absolute atomic E-state index is 5.58. The third-order valence-electron chi connectivity index (χ3n) is 4.15. The van der Waals surface area contributed by atoms with E-state index in [2.05, 4.69) is 18.7 Å². The Kier molecular flexibility index (Phi) is 5.26. The van der Waals surface area contributed by atoms with E-state index in [-0.39, 0.29) is 6.29 Å². The Bertz CT molecular complexity index is 206. The molecule has 0 amide bonds. The second kappa shape index (κ2) is 6.72. The summed E-state index contributed by atoms with van der Waals surface area (Å²) in [6, 6.07) is 0. The first-order chi connectivity index (χ1) is 8.25. The van der Waals surface area contributed by atoms with Crippen LogP contribution >= 0.6 is 0 Å². The lowest BCUT2D eigenvalue weighted by atomic mass is 9.87. The zero-order valence-electron chi connectivity index (χ0n) is 11.4. The number of rotatable bonds is 4. The summed E-state index contributed by atoms with van der Waals surface area (Å²) in [4.78, 5) is 2.57. The highest BCUT2D eigenvalue weighted by Crippen LogP contribution is 2.24. The minimum atomic E-state index is 0.0616. The van der Waals surface area contributed by atoms with Crippen LogP contribution in [0.5, 0.6) is 0 Å². The fraction of sp³-hybridized carbons (Fsp3) is 1.00. The van der Waals surface area contributed by atoms with Gasteiger partial charge in [0.05, 0.1) is 13.2 Å². The van der Waals surface area contributed by atoms with Gasteiger partial charge in [-0.3, -0.25) is 0 Å². The first-order valence-electron chi connectivity index (χ1n) is 7.21. The van der Waals surface area contributed by atoms with Gasteiger partial charge in [0.2, 0.25) is 0 Å². The molecule has 0 aliphatic carbocycles. The van der Waals surface area contributed by atoms with Crippen LogP contribution in [0.1, 0.15) is 39.5 Å². The number of piperidine rings is 1. The molecule has 0 saturated carbocycles. The first kappa shape index (κ1) is 13.3. The molecule has 0 unspecified atom stereocenters. The van der Waals surface area contributed by atoms with Gasteiger partial charge in [-0.2, -0.15) is 0 Å². The maximum Gasteiger partial charge on any atom is 0.158 e. The van der Waals surface area contributed by atoms with Crippen LogP contribution in [0.15, 0.2) is 0 Å². The Labute approximate surface area is 105 Å². The number of ether oxygens (including phenoxy) is 2. The second-order valence-electron chi connectivity index (χ2n) is 5.74. The molecule has 2 aliphatic heterocycles. The first-order valence-corrected chi connectivity index (χ1v) is 7.21. The zero-order chi connectivity index (χ0) is 12.1. The van der Waals surface area contributed by atoms with Gasteiger partial charge < -0.3 is 14.4 Å². The van der Waals surface area contributed by atoms with Crippen molar-refractivity contribution in [3.05, 3.63) is 0 Å². The van der Waals surface area contributed by atoms with E-state index in [1.54, 1.807) is 0 Å². The van der Waals surface area contributed by atoms with Gasteiger partial charge in [-0.15, -0.1) is 0 Å². The van der Waals surface area contributed by atoms with Crippen LogP contribution in [0, 0.1) is 11.8 Å². The number of hydrogen-bond donors (Lipinski definition) is 0. The highest BCUT2D eigenvalue weighted by atomic mass is 16.7. The fourth-order valence-corrected chi connectivity index (χ4v) is 2.83. The Hall–Kier alpha value is -0.120. The smallest absolute Gasteiger partial charge is 0.158 e. The quantitative estimate of drug-likeness (QED) is 0.755. The topological polar surface area (TPSA) is 21.7 Å². The zero-order valence-corrected chi connectivity index (χ0v) is 11.4. The minimum Gasteiger partial charge on any atom is -0.353 e. The predicted octanol–water partition coefficient (Wildman–Crippen LogP) is 2.51. The van der Waals surface area contributed by atoms with Gasteiger partial charge >= 0.3 is 0 Å². The van der Waals surface area contributed by atoms with E-state index in [0.717, 1.165) is 44.4 Å². The van der Waals surface area contributed by atoms with E-state index in [1.165, 1.54) is 25.9 Å². The van der Waals surface area contributed by atoms with Crippen molar-refractivity contribution in [2.45, 2.75) is 45.8 Å². The molecule has 2 saturated heterocycles. The number of hydrogen-bond acceptors (Lipinski definition) is 3. The van der Waals surface area contributed by atoms with Crippen molar-refractivity contribution in [2.75, 3.05) is 32.8 Å². The van der Waals surface area contributed by atoms with Crippen molar-refractivity contribution in [2.24, 2.45) is 11.8 Å². The molecule has 2 fully saturated rings. The largest absolute Gasteiger partial charge is 0.353 e. The van der Waals surface area contributed by atoms with Crippen molar-refractivity contribution in [1.82, 2.24) is 4.90 Å². The standard InChI is InChI=1S/C14H27NO2/c1-12(2)13-4-7-15(8-5-13)9-6-14-16-10-3-11-17-14/h12-14H,3-11H2,1-2H3. The molecule has 0 N–H and O–H groups in total. The normalized spacial score (nSPS) is 25.6. The van der Waals surface area contributed by atoms with Gasteiger partial charge in [-0.05, 0) is 44.2 Å². The van der Waals surface area contributed by atoms with Gasteiger partial charge in [0, 0.05) is 13.0 Å². The Morgan fingerprint density at radius 2 is 1.76 bits per heavy atom. The number of nitrogens with zero attached hydrogens (tertiary/aromatic N) is 1. The van der Waals surface area contributed by atoms with Crippen molar-refractivity contribution < 1.29 is 9.47 Å². The monoisotopic (exact) mass is 241 g/mol. The van der Waals surface area contributed by atoms with Gasteiger partial charge in [0.15, 0.2) is 6.29 Å². The predicted molar refractivity (Wildman–Crippen MR) is 68.9 cm³/mol. The summed E-state index contributed by atoms with van der Waals surface area (Å²) in [7, 11) is 0. The lowest BCUT2D eigenvalue weighted by Gasteiger charge is -2.34. The van der Waals surface area contributed by atoms with Crippen molar-refractivity contribution >= 4 is 0 Å². The lowest BCUT2D eigenvalue weighted by molar-refractivity contribution is -0.183. The second-order valence-corrected chi connectivity index (χ2v) is 5.74. The van der Waals surface area contributed by atoms with Crippen molar-refractivity contribution in [1.29, 1.82) is 0 Å². The van der Waals surface area contributed by atoms with Gasteiger partial charge in [0.25, 0.3) is 0 Å². The molecule has 0 aromatic rings. The molecule has 3 nitrogen and oxygen atoms in total. The summed E-state index contributed by atoms with van der Waals surface area (Å²) < 4.78 is 11.2. The summed E-state index contributed by atoms with van der Waals surface area (Å²) >= 11 is 0. The molecular weight excluding hydrogens is 214 g/mol. The third kappa shape index (κ3) is 4.23. The summed E-state index contributed by atoms with van der Waals surface area (Å²) in [5.74, 6) is 1.79. The van der Waals surface area contributed by atoms with Crippen LogP contribution in [0.2, 0.25) is 0 Å². The lowest BCUT2D eigenvalue weighted by Crippen LogP contribution is -2.38. The van der Waals surface area contributed by atoms with E-state index in [0.29, 0.717) is 0 Å². The Balaban J connectivity index is 1.61. The Morgan fingerprint density at radius 3 is 2.35 bits per heavy atom. The molecule has 2 aliphatic rings. The third-order valence-corrected chi connectivity index (χ3v) is 4.15. The highest BCUT2D eigenvalue weighted by Gasteiger charge is 2.22. The average Bonchev–Trinajstić information content (AvgIpc) is 2.38. The molecule has 0 aromatic heterocycles. The van der Waals surface area contributed by atoms with E-state index in [9.17, 15) is 0 Å². The number of likely N-dealkylation sites (tertiary alicyclic amines) is 1. The summed E-state index contributed by atoms with van der Waals surface area (Å²) in [5.41, 5.74) is 0. The summed E-state index contributed by atoms with van der Waals surface area (Å²) in [6.07, 6.45) is 4.88. The minimum absolute atomic E-state index is 0.0616. The van der Waals surface area contributed by atoms with Crippen molar-refractivity contribution in [3.63, 3.8) is 0 Å². The molecular formula is C14H27NO2. The van der Waals surface area contributed by atoms with Crippen LogP contribution in [0.25, 0.3) is 0 Å². The summed E-state index contributed by atoms with van der Waals surface area (Å²) in [6.45, 7) is 10.1. The van der Waals surface area contributed by atoms with Crippen LogP contribution in [0.3, 0.4) is 0 Å². The van der Waals surface area contributed by atoms with Crippen LogP contribution in [-0.2, 0) is 9.47 Å². The molecule has 0 bridgehead atoms. The van der Waals surface area contributed by atoms with Crippen molar-refractivity contribution in [3.8, 4) is 0 Å². The van der Waals surface area contributed by atoms with E-state index in [1.807, 2.05) is 0 Å². The fourth-order valence-electron chi connectivity index (χ4n) is 2.83. The molecule has 0 spiro atoms. The van der Waals surface area contributed by atoms with E-state index < -0.39 is 0 Å². The SMILES string of the molecule is CC(C)C1CCN(CCC2OCCCO2)CC1.